The van der Waals surface area contributed by atoms with Gasteiger partial charge < -0.3 is 40.3 Å². The van der Waals surface area contributed by atoms with E-state index in [-0.39, 0.29) is 55.8 Å². The number of β-amino-alcohol motifs (C(OH)–C–C–N with tert-alkyl or cyclic N) is 1. The van der Waals surface area contributed by atoms with Crippen molar-refractivity contribution in [2.45, 2.75) is 111 Å². The zero-order valence-corrected chi connectivity index (χ0v) is 43.6. The van der Waals surface area contributed by atoms with Gasteiger partial charge in [0.2, 0.25) is 17.7 Å². The number of pyridine rings is 1. The van der Waals surface area contributed by atoms with Crippen LogP contribution in [-0.2, 0) is 25.3 Å². The quantitative estimate of drug-likeness (QED) is 0.0887. The number of nitriles is 1. The molecule has 4 aromatic rings. The predicted octanol–water partition coefficient (Wildman–Crippen LogP) is 6.52. The molecule has 1 aliphatic carbocycles. The number of likely N-dealkylation sites (tertiary alicyclic amines) is 1. The Morgan fingerprint density at radius 3 is 2.23 bits per heavy atom. The van der Waals surface area contributed by atoms with Crippen molar-refractivity contribution in [1.29, 1.82) is 5.26 Å². The summed E-state index contributed by atoms with van der Waals surface area (Å²) in [5, 5.41) is 28.8. The van der Waals surface area contributed by atoms with Gasteiger partial charge in [-0.15, -0.1) is 11.3 Å². The Hall–Kier alpha value is -6.14. The van der Waals surface area contributed by atoms with Crippen LogP contribution < -0.4 is 25.6 Å². The number of thiazole rings is 1. The van der Waals surface area contributed by atoms with Gasteiger partial charge in [-0.3, -0.25) is 24.1 Å². The van der Waals surface area contributed by atoms with Gasteiger partial charge in [-0.25, -0.2) is 9.97 Å². The van der Waals surface area contributed by atoms with E-state index in [0.717, 1.165) is 33.8 Å². The standard InChI is InChI=1S/C53H66F3N9O7S/c1-31(33-10-12-34(13-11-33)43-32(2)59-30-73-43)60-46(69)40-24-37(66)28-65(40)47(70)44(50(3,4)5)61-42(67)29-71-23-22-63-18-20-64(21-19-63)41-17-15-36(27-58-41)45(68)62-48-51(6,7)49(52(48,8)9)72-38-16-14-35(26-57)39(25-38)53(54,55)56/h10-17,25,27,30-31,37,40,44,48-49,66H,18-24,28-29H2,1-9H3,(H,60,69)(H,61,67)(H,62,68)/t31-,37+,40-,44+,48?,49?/m0/s1. The highest BCUT2D eigenvalue weighted by atomic mass is 32.1. The SMILES string of the molecule is Cc1ncsc1-c1ccc([C@H](C)NC(=O)[C@@H]2C[C@@H](O)CN2C(=O)[C@@H](NC(=O)COCCN2CCN(c3ccc(C(=O)NC4C(C)(C)C(Oc5ccc(C#N)c(C(F)(F)F)c5)C4(C)C)cn3)CC2)C(C)(C)C)cc1. The summed E-state index contributed by atoms with van der Waals surface area (Å²) >= 11 is 1.56. The number of carbonyl (C=O) groups excluding carboxylic acids is 4. The van der Waals surface area contributed by atoms with Crippen LogP contribution in [0.3, 0.4) is 0 Å². The molecular weight excluding hydrogens is 964 g/mol. The first kappa shape index (κ1) is 54.6. The number of hydrogen-bond donors (Lipinski definition) is 4. The fourth-order valence-electron chi connectivity index (χ4n) is 10.6. The number of anilines is 1. The van der Waals surface area contributed by atoms with Crippen molar-refractivity contribution in [2.24, 2.45) is 16.2 Å². The van der Waals surface area contributed by atoms with Crippen molar-refractivity contribution in [2.75, 3.05) is 57.4 Å². The van der Waals surface area contributed by atoms with Gasteiger partial charge in [-0.05, 0) is 60.7 Å². The lowest BCUT2D eigenvalue weighted by Gasteiger charge is -2.63. The fraction of sp³-hybridized carbons (Fsp3) is 0.528. The van der Waals surface area contributed by atoms with Crippen LogP contribution in [0.1, 0.15) is 101 Å². The number of benzene rings is 2. The van der Waals surface area contributed by atoms with Gasteiger partial charge >= 0.3 is 6.18 Å². The number of ether oxygens (including phenoxy) is 2. The number of nitrogens with one attached hydrogen (secondary N) is 3. The first-order valence-electron chi connectivity index (χ1n) is 24.5. The number of aliphatic hydroxyl groups excluding tert-OH is 1. The second-order valence-corrected chi connectivity index (χ2v) is 22.4. The molecule has 4 amide bonds. The van der Waals surface area contributed by atoms with E-state index in [1.54, 1.807) is 35.0 Å². The molecule has 2 aromatic carbocycles. The summed E-state index contributed by atoms with van der Waals surface area (Å²) in [7, 11) is 0. The van der Waals surface area contributed by atoms with Gasteiger partial charge in [0, 0.05) is 68.8 Å². The van der Waals surface area contributed by atoms with Crippen LogP contribution in [0.4, 0.5) is 19.0 Å². The number of rotatable bonds is 16. The lowest BCUT2D eigenvalue weighted by Crippen LogP contribution is -2.74. The fourth-order valence-corrected chi connectivity index (χ4v) is 11.4. The molecule has 0 radical (unpaired) electrons. The Labute approximate surface area is 428 Å². The minimum atomic E-state index is -4.72. The number of carbonyl (C=O) groups is 4. The minimum absolute atomic E-state index is 0.00951. The number of nitrogens with zero attached hydrogens (tertiary/aromatic N) is 6. The van der Waals surface area contributed by atoms with E-state index in [1.165, 1.54) is 17.2 Å². The Bertz CT molecular complexity index is 2660. The molecule has 20 heteroatoms. The zero-order chi connectivity index (χ0) is 53.2. The third-order valence-electron chi connectivity index (χ3n) is 14.3. The lowest BCUT2D eigenvalue weighted by atomic mass is 9.49. The summed E-state index contributed by atoms with van der Waals surface area (Å²) in [5.74, 6) is -0.962. The summed E-state index contributed by atoms with van der Waals surface area (Å²) in [6, 6.07) is 13.6. The molecule has 3 fully saturated rings. The van der Waals surface area contributed by atoms with E-state index < -0.39 is 69.7 Å². The highest BCUT2D eigenvalue weighted by Gasteiger charge is 2.64. The van der Waals surface area contributed by atoms with Crippen molar-refractivity contribution in [3.8, 4) is 22.3 Å². The highest BCUT2D eigenvalue weighted by molar-refractivity contribution is 7.13. The number of aryl methyl sites for hydroxylation is 1. The first-order chi connectivity index (χ1) is 34.3. The van der Waals surface area contributed by atoms with Crippen molar-refractivity contribution in [3.05, 3.63) is 94.3 Å². The van der Waals surface area contributed by atoms with Crippen molar-refractivity contribution in [1.82, 2.24) is 35.7 Å². The molecular formula is C53H66F3N9O7S. The molecule has 3 aliphatic rings. The molecule has 2 saturated heterocycles. The average Bonchev–Trinajstić information content (AvgIpc) is 3.97. The van der Waals surface area contributed by atoms with Crippen molar-refractivity contribution < 1.29 is 46.9 Å². The van der Waals surface area contributed by atoms with E-state index in [2.05, 4.69) is 35.7 Å². The molecule has 2 aliphatic heterocycles. The summed E-state index contributed by atoms with van der Waals surface area (Å²) in [6.45, 7) is 20.1. The Kier molecular flexibility index (Phi) is 16.3. The number of amides is 4. The first-order valence-corrected chi connectivity index (χ1v) is 25.4. The van der Waals surface area contributed by atoms with Crippen LogP contribution in [0.5, 0.6) is 5.75 Å². The van der Waals surface area contributed by atoms with Gasteiger partial charge in [0.15, 0.2) is 0 Å². The number of halogens is 3. The van der Waals surface area contributed by atoms with E-state index in [1.807, 2.05) is 86.6 Å². The van der Waals surface area contributed by atoms with Crippen LogP contribution in [0.25, 0.3) is 10.4 Å². The second kappa shape index (κ2) is 21.8. The summed E-state index contributed by atoms with van der Waals surface area (Å²) in [4.78, 5) is 70.3. The van der Waals surface area contributed by atoms with E-state index in [0.29, 0.717) is 44.1 Å². The van der Waals surface area contributed by atoms with Crippen LogP contribution >= 0.6 is 11.3 Å². The number of alkyl halides is 3. The van der Waals surface area contributed by atoms with Gasteiger partial charge in [0.05, 0.1) is 57.6 Å². The average molecular weight is 1030 g/mol. The van der Waals surface area contributed by atoms with Crippen LogP contribution in [-0.4, -0.2) is 131 Å². The van der Waals surface area contributed by atoms with Crippen molar-refractivity contribution in [3.63, 3.8) is 0 Å². The van der Waals surface area contributed by atoms with Crippen LogP contribution in [0.15, 0.2) is 66.3 Å². The second-order valence-electron chi connectivity index (χ2n) is 21.5. The van der Waals surface area contributed by atoms with E-state index in [9.17, 15) is 42.7 Å². The molecule has 0 unspecified atom stereocenters. The molecule has 2 aromatic heterocycles. The van der Waals surface area contributed by atoms with Gasteiger partial charge in [0.1, 0.15) is 36.4 Å². The number of hydrogen-bond acceptors (Lipinski definition) is 13. The normalized spacial score (nSPS) is 21.6. The largest absolute Gasteiger partial charge is 0.489 e. The molecule has 1 saturated carbocycles. The Morgan fingerprint density at radius 1 is 0.959 bits per heavy atom. The van der Waals surface area contributed by atoms with Gasteiger partial charge in [-0.1, -0.05) is 72.7 Å². The molecule has 7 rings (SSSR count). The maximum Gasteiger partial charge on any atom is 0.417 e. The summed E-state index contributed by atoms with van der Waals surface area (Å²) in [5.41, 5.74) is 1.43. The lowest BCUT2D eigenvalue weighted by molar-refractivity contribution is -0.164. The van der Waals surface area contributed by atoms with Gasteiger partial charge in [0.25, 0.3) is 5.91 Å². The van der Waals surface area contributed by atoms with Crippen LogP contribution in [0.2, 0.25) is 0 Å². The molecule has 4 atom stereocenters. The molecule has 0 bridgehead atoms. The minimum Gasteiger partial charge on any atom is -0.489 e. The molecule has 16 nitrogen and oxygen atoms in total. The van der Waals surface area contributed by atoms with Crippen molar-refractivity contribution >= 4 is 40.8 Å². The maximum atomic E-state index is 14.1. The highest BCUT2D eigenvalue weighted by Crippen LogP contribution is 2.56. The predicted molar refractivity (Wildman–Crippen MR) is 269 cm³/mol. The number of piperazine rings is 1. The molecule has 0 spiro atoms. The Morgan fingerprint density at radius 2 is 1.64 bits per heavy atom. The summed E-state index contributed by atoms with van der Waals surface area (Å²) in [6.07, 6.45) is -4.57. The molecule has 392 valence electrons. The Balaban J connectivity index is 0.836. The van der Waals surface area contributed by atoms with Crippen LogP contribution in [0, 0.1) is 34.5 Å². The third kappa shape index (κ3) is 12.3. The third-order valence-corrected chi connectivity index (χ3v) is 15.3. The van der Waals surface area contributed by atoms with E-state index >= 15 is 0 Å². The monoisotopic (exact) mass is 1030 g/mol. The topological polar surface area (TPSA) is 202 Å². The van der Waals surface area contributed by atoms with Gasteiger partial charge in [-0.2, -0.15) is 18.4 Å². The smallest absolute Gasteiger partial charge is 0.417 e. The molecule has 4 N–H and O–H groups in total. The molecule has 73 heavy (non-hydrogen) atoms. The van der Waals surface area contributed by atoms with E-state index in [4.69, 9.17) is 9.47 Å². The summed E-state index contributed by atoms with van der Waals surface area (Å²) < 4.78 is 52.8. The number of aromatic nitrogens is 2. The maximum absolute atomic E-state index is 14.1. The zero-order valence-electron chi connectivity index (χ0n) is 42.8. The molecule has 4 heterocycles. The number of aliphatic hydroxyl groups is 1.